The predicted octanol–water partition coefficient (Wildman–Crippen LogP) is 3.38. The number of ether oxygens (including phenoxy) is 1. The summed E-state index contributed by atoms with van der Waals surface area (Å²) in [6.07, 6.45) is 7.25. The lowest BCUT2D eigenvalue weighted by Crippen LogP contribution is -2.43. The van der Waals surface area contributed by atoms with Gasteiger partial charge in [-0.3, -0.25) is 0 Å². The van der Waals surface area contributed by atoms with Crippen LogP contribution in [0.2, 0.25) is 0 Å². The first-order valence-electron chi connectivity index (χ1n) is 6.36. The topological polar surface area (TPSA) is 21.3 Å². The number of benzene rings is 1. The maximum absolute atomic E-state index is 5.43. The Hall–Kier alpha value is -1.44. The molecule has 2 nitrogen and oxygen atoms in total. The smallest absolute Gasteiger partial charge is 0.142 e. The lowest BCUT2D eigenvalue weighted by atomic mass is 9.71. The number of rotatable bonds is 3. The zero-order valence-electron chi connectivity index (χ0n) is 10.4. The summed E-state index contributed by atoms with van der Waals surface area (Å²) in [6.45, 7) is 2.09. The number of methoxy groups -OCH3 is 1. The largest absolute Gasteiger partial charge is 0.495 e. The second-order valence-electron chi connectivity index (χ2n) is 5.19. The van der Waals surface area contributed by atoms with Gasteiger partial charge in [0.15, 0.2) is 0 Å². The molecule has 0 aliphatic heterocycles. The summed E-state index contributed by atoms with van der Waals surface area (Å²) >= 11 is 0. The molecule has 0 aromatic heterocycles. The van der Waals surface area contributed by atoms with Crippen LogP contribution in [0.1, 0.15) is 18.4 Å². The fourth-order valence-corrected chi connectivity index (χ4v) is 3.00. The maximum Gasteiger partial charge on any atom is 0.142 e. The second kappa shape index (κ2) is 4.10. The molecule has 0 spiro atoms. The number of fused-ring (bicyclic) bond motifs is 1. The molecule has 1 N–H and O–H groups in total. The molecule has 0 saturated heterocycles. The van der Waals surface area contributed by atoms with Crippen LogP contribution in [-0.4, -0.2) is 13.2 Å². The summed E-state index contributed by atoms with van der Waals surface area (Å²) in [5, 5.41) is 3.62. The van der Waals surface area contributed by atoms with Crippen molar-refractivity contribution in [1.82, 2.24) is 0 Å². The Morgan fingerprint density at radius 1 is 1.35 bits per heavy atom. The lowest BCUT2D eigenvalue weighted by molar-refractivity contribution is 0.217. The van der Waals surface area contributed by atoms with Crippen LogP contribution >= 0.6 is 0 Å². The highest BCUT2D eigenvalue weighted by atomic mass is 16.5. The van der Waals surface area contributed by atoms with E-state index in [2.05, 4.69) is 42.6 Å². The first kappa shape index (κ1) is 10.7. The highest BCUT2D eigenvalue weighted by Gasteiger charge is 2.41. The highest BCUT2D eigenvalue weighted by molar-refractivity contribution is 5.58. The molecule has 17 heavy (non-hydrogen) atoms. The normalized spacial score (nSPS) is 29.6. The third-order valence-electron chi connectivity index (χ3n) is 4.06. The minimum Gasteiger partial charge on any atom is -0.495 e. The predicted molar refractivity (Wildman–Crippen MR) is 70.5 cm³/mol. The Morgan fingerprint density at radius 2 is 2.24 bits per heavy atom. The molecule has 1 aromatic carbocycles. The molecule has 0 bridgehead atoms. The van der Waals surface area contributed by atoms with Crippen molar-refractivity contribution in [1.29, 1.82) is 0 Å². The van der Waals surface area contributed by atoms with Gasteiger partial charge in [0.1, 0.15) is 5.75 Å². The molecule has 0 amide bonds. The summed E-state index contributed by atoms with van der Waals surface area (Å²) in [7, 11) is 1.74. The minimum absolute atomic E-state index is 0.593. The first-order valence-corrected chi connectivity index (χ1v) is 6.36. The molecule has 3 rings (SSSR count). The number of aryl methyl sites for hydroxylation is 1. The molecule has 0 heterocycles. The van der Waals surface area contributed by atoms with Gasteiger partial charge in [0, 0.05) is 12.0 Å². The summed E-state index contributed by atoms with van der Waals surface area (Å²) in [6, 6.07) is 6.93. The molecule has 1 fully saturated rings. The lowest BCUT2D eigenvalue weighted by Gasteiger charge is -2.41. The van der Waals surface area contributed by atoms with Crippen LogP contribution in [0.25, 0.3) is 0 Å². The molecule has 3 atom stereocenters. The minimum atomic E-state index is 0.593. The molecule has 1 saturated carbocycles. The van der Waals surface area contributed by atoms with Crippen molar-refractivity contribution in [3.8, 4) is 5.75 Å². The zero-order chi connectivity index (χ0) is 11.8. The van der Waals surface area contributed by atoms with Gasteiger partial charge in [0.25, 0.3) is 0 Å². The summed E-state index contributed by atoms with van der Waals surface area (Å²) in [5.41, 5.74) is 2.36. The van der Waals surface area contributed by atoms with Gasteiger partial charge in [0.05, 0.1) is 12.8 Å². The molecule has 0 radical (unpaired) electrons. The summed E-state index contributed by atoms with van der Waals surface area (Å²) < 4.78 is 5.43. The Morgan fingerprint density at radius 3 is 3.00 bits per heavy atom. The van der Waals surface area contributed by atoms with Gasteiger partial charge < -0.3 is 10.1 Å². The highest BCUT2D eigenvalue weighted by Crippen LogP contribution is 2.44. The molecular formula is C15H19NO. The quantitative estimate of drug-likeness (QED) is 0.802. The molecule has 2 aliphatic rings. The van der Waals surface area contributed by atoms with Crippen LogP contribution in [-0.2, 0) is 0 Å². The Kier molecular flexibility index (Phi) is 2.58. The first-order chi connectivity index (χ1) is 8.28. The van der Waals surface area contributed by atoms with E-state index in [1.54, 1.807) is 7.11 Å². The third kappa shape index (κ3) is 1.82. The van der Waals surface area contributed by atoms with E-state index in [-0.39, 0.29) is 0 Å². The molecule has 3 unspecified atom stereocenters. The number of hydrogen-bond acceptors (Lipinski definition) is 2. The Balaban J connectivity index is 1.75. The van der Waals surface area contributed by atoms with E-state index in [9.17, 15) is 0 Å². The Bertz CT molecular complexity index is 452. The van der Waals surface area contributed by atoms with Crippen molar-refractivity contribution >= 4 is 5.69 Å². The van der Waals surface area contributed by atoms with E-state index in [0.29, 0.717) is 6.04 Å². The standard InChI is InChI=1S/C15H19NO/c1-10-6-7-13(15(8-10)17-2)16-14-9-11-4-3-5-12(11)14/h3,5-8,11-12,14,16H,4,9H2,1-2H3. The van der Waals surface area contributed by atoms with Crippen LogP contribution in [0.15, 0.2) is 30.4 Å². The van der Waals surface area contributed by atoms with Gasteiger partial charge in [-0.1, -0.05) is 18.2 Å². The fraction of sp³-hybridized carbons (Fsp3) is 0.467. The van der Waals surface area contributed by atoms with Gasteiger partial charge in [-0.25, -0.2) is 0 Å². The fourth-order valence-electron chi connectivity index (χ4n) is 3.00. The van der Waals surface area contributed by atoms with Crippen molar-refractivity contribution in [2.45, 2.75) is 25.8 Å². The number of anilines is 1. The van der Waals surface area contributed by atoms with E-state index >= 15 is 0 Å². The van der Waals surface area contributed by atoms with E-state index in [0.717, 1.165) is 23.3 Å². The average molecular weight is 229 g/mol. The molecule has 90 valence electrons. The third-order valence-corrected chi connectivity index (χ3v) is 4.06. The van der Waals surface area contributed by atoms with E-state index in [1.807, 2.05) is 0 Å². The average Bonchev–Trinajstić information content (AvgIpc) is 2.69. The van der Waals surface area contributed by atoms with Crippen molar-refractivity contribution < 1.29 is 4.74 Å². The zero-order valence-corrected chi connectivity index (χ0v) is 10.4. The van der Waals surface area contributed by atoms with Gasteiger partial charge in [-0.05, 0) is 43.4 Å². The van der Waals surface area contributed by atoms with E-state index < -0.39 is 0 Å². The number of hydrogen-bond donors (Lipinski definition) is 1. The van der Waals surface area contributed by atoms with Crippen molar-refractivity contribution in [2.75, 3.05) is 12.4 Å². The molecule has 2 aliphatic carbocycles. The van der Waals surface area contributed by atoms with E-state index in [4.69, 9.17) is 4.74 Å². The van der Waals surface area contributed by atoms with Gasteiger partial charge in [-0.2, -0.15) is 0 Å². The van der Waals surface area contributed by atoms with Crippen LogP contribution in [0.4, 0.5) is 5.69 Å². The van der Waals surface area contributed by atoms with Gasteiger partial charge in [0.2, 0.25) is 0 Å². The van der Waals surface area contributed by atoms with Crippen LogP contribution in [0.3, 0.4) is 0 Å². The van der Waals surface area contributed by atoms with Crippen molar-refractivity contribution in [2.24, 2.45) is 11.8 Å². The van der Waals surface area contributed by atoms with Crippen LogP contribution < -0.4 is 10.1 Å². The van der Waals surface area contributed by atoms with Crippen LogP contribution in [0.5, 0.6) is 5.75 Å². The van der Waals surface area contributed by atoms with Gasteiger partial charge in [-0.15, -0.1) is 0 Å². The van der Waals surface area contributed by atoms with Crippen molar-refractivity contribution in [3.63, 3.8) is 0 Å². The number of allylic oxidation sites excluding steroid dienone is 1. The summed E-state index contributed by atoms with van der Waals surface area (Å²) in [4.78, 5) is 0. The maximum atomic E-state index is 5.43. The number of nitrogens with one attached hydrogen (secondary N) is 1. The second-order valence-corrected chi connectivity index (χ2v) is 5.19. The molecule has 2 heteroatoms. The monoisotopic (exact) mass is 229 g/mol. The van der Waals surface area contributed by atoms with Crippen molar-refractivity contribution in [3.05, 3.63) is 35.9 Å². The molecule has 1 aromatic rings. The van der Waals surface area contributed by atoms with Crippen LogP contribution in [0, 0.1) is 18.8 Å². The van der Waals surface area contributed by atoms with Gasteiger partial charge >= 0.3 is 0 Å². The Labute approximate surface area is 103 Å². The SMILES string of the molecule is COc1cc(C)ccc1NC1CC2CC=CC21. The van der Waals surface area contributed by atoms with E-state index in [1.165, 1.54) is 18.4 Å². The summed E-state index contributed by atoms with van der Waals surface area (Å²) in [5.74, 6) is 2.58. The molecular weight excluding hydrogens is 210 g/mol.